The second-order valence-electron chi connectivity index (χ2n) is 4.92. The van der Waals surface area contributed by atoms with Crippen LogP contribution in [0.2, 0.25) is 0 Å². The number of anilines is 2. The number of aromatic nitrogens is 2. The number of nitrogens with zero attached hydrogens (tertiary/aromatic N) is 2. The number of hydrogen-bond donors (Lipinski definition) is 1. The predicted molar refractivity (Wildman–Crippen MR) is 89.9 cm³/mol. The average molecular weight is 342 g/mol. The van der Waals surface area contributed by atoms with Crippen molar-refractivity contribution in [3.05, 3.63) is 76.5 Å². The zero-order chi connectivity index (χ0) is 14.7. The molecule has 2 aromatic carbocycles. The molecule has 0 radical (unpaired) electrons. The van der Waals surface area contributed by atoms with Crippen LogP contribution in [-0.4, -0.2) is 9.55 Å². The molecule has 0 atom stereocenters. The lowest BCUT2D eigenvalue weighted by atomic mass is 10.2. The standard InChI is InChI=1S/C17H16BrN3/c1-13-11-21(12-14-7-5-6-10-16(14)18)17(19-13)20-15-8-3-2-4-9-15/h2-11H,12H2,1H3,(H,19,20). The van der Waals surface area contributed by atoms with Crippen molar-refractivity contribution in [2.24, 2.45) is 0 Å². The lowest BCUT2D eigenvalue weighted by molar-refractivity contribution is 0.804. The molecule has 1 aromatic heterocycles. The van der Waals surface area contributed by atoms with Crippen LogP contribution in [0.3, 0.4) is 0 Å². The summed E-state index contributed by atoms with van der Waals surface area (Å²) < 4.78 is 3.24. The number of nitrogens with one attached hydrogen (secondary N) is 1. The van der Waals surface area contributed by atoms with E-state index in [9.17, 15) is 0 Å². The third-order valence-corrected chi connectivity index (χ3v) is 4.00. The molecule has 0 fully saturated rings. The summed E-state index contributed by atoms with van der Waals surface area (Å²) in [5.74, 6) is 0.856. The van der Waals surface area contributed by atoms with Gasteiger partial charge in [0.25, 0.3) is 0 Å². The Morgan fingerprint density at radius 1 is 1.05 bits per heavy atom. The number of imidazole rings is 1. The monoisotopic (exact) mass is 341 g/mol. The molecule has 1 heterocycles. The number of rotatable bonds is 4. The second kappa shape index (κ2) is 6.14. The number of hydrogen-bond acceptors (Lipinski definition) is 2. The van der Waals surface area contributed by atoms with Crippen molar-refractivity contribution in [2.75, 3.05) is 5.32 Å². The fraction of sp³-hybridized carbons (Fsp3) is 0.118. The summed E-state index contributed by atoms with van der Waals surface area (Å²) in [6, 6.07) is 18.3. The molecule has 3 nitrogen and oxygen atoms in total. The summed E-state index contributed by atoms with van der Waals surface area (Å²) >= 11 is 3.60. The first kappa shape index (κ1) is 13.9. The Morgan fingerprint density at radius 2 is 1.76 bits per heavy atom. The van der Waals surface area contributed by atoms with Crippen molar-refractivity contribution in [1.29, 1.82) is 0 Å². The molecule has 0 amide bonds. The molecule has 21 heavy (non-hydrogen) atoms. The molecule has 1 N–H and O–H groups in total. The molecule has 0 unspecified atom stereocenters. The van der Waals surface area contributed by atoms with Crippen LogP contribution in [-0.2, 0) is 6.54 Å². The fourth-order valence-corrected chi connectivity index (χ4v) is 2.64. The summed E-state index contributed by atoms with van der Waals surface area (Å²) in [4.78, 5) is 4.57. The van der Waals surface area contributed by atoms with Gasteiger partial charge in [-0.05, 0) is 30.7 Å². The first-order valence-corrected chi connectivity index (χ1v) is 7.61. The van der Waals surface area contributed by atoms with E-state index in [0.29, 0.717) is 0 Å². The summed E-state index contributed by atoms with van der Waals surface area (Å²) in [5, 5.41) is 3.37. The van der Waals surface area contributed by atoms with Gasteiger partial charge in [-0.2, -0.15) is 0 Å². The molecule has 0 bridgehead atoms. The molecule has 3 rings (SSSR count). The summed E-state index contributed by atoms with van der Waals surface area (Å²) in [6.45, 7) is 2.78. The van der Waals surface area contributed by atoms with E-state index in [1.165, 1.54) is 5.56 Å². The summed E-state index contributed by atoms with van der Waals surface area (Å²) in [7, 11) is 0. The molecular formula is C17H16BrN3. The van der Waals surface area contributed by atoms with Gasteiger partial charge in [-0.15, -0.1) is 0 Å². The van der Waals surface area contributed by atoms with Gasteiger partial charge in [0.2, 0.25) is 5.95 Å². The van der Waals surface area contributed by atoms with Crippen LogP contribution < -0.4 is 5.32 Å². The molecule has 0 saturated heterocycles. The van der Waals surface area contributed by atoms with Gasteiger partial charge >= 0.3 is 0 Å². The van der Waals surface area contributed by atoms with Crippen LogP contribution in [0.4, 0.5) is 11.6 Å². The van der Waals surface area contributed by atoms with Gasteiger partial charge in [0.1, 0.15) is 0 Å². The van der Waals surface area contributed by atoms with Gasteiger partial charge in [-0.1, -0.05) is 52.3 Å². The largest absolute Gasteiger partial charge is 0.326 e. The predicted octanol–water partition coefficient (Wildman–Crippen LogP) is 4.75. The highest BCUT2D eigenvalue weighted by atomic mass is 79.9. The van der Waals surface area contributed by atoms with Gasteiger partial charge in [0, 0.05) is 16.4 Å². The fourth-order valence-electron chi connectivity index (χ4n) is 2.23. The van der Waals surface area contributed by atoms with Crippen molar-refractivity contribution < 1.29 is 0 Å². The van der Waals surface area contributed by atoms with Gasteiger partial charge in [0.15, 0.2) is 0 Å². The number of aryl methyl sites for hydroxylation is 1. The van der Waals surface area contributed by atoms with E-state index in [2.05, 4.69) is 49.1 Å². The van der Waals surface area contributed by atoms with E-state index >= 15 is 0 Å². The normalized spacial score (nSPS) is 10.6. The highest BCUT2D eigenvalue weighted by Gasteiger charge is 2.08. The van der Waals surface area contributed by atoms with Crippen molar-refractivity contribution >= 4 is 27.6 Å². The Bertz CT molecular complexity index is 735. The average Bonchev–Trinajstić information content (AvgIpc) is 2.82. The summed E-state index contributed by atoms with van der Waals surface area (Å²) in [5.41, 5.74) is 3.27. The molecule has 0 spiro atoms. The molecular weight excluding hydrogens is 326 g/mol. The Morgan fingerprint density at radius 3 is 2.52 bits per heavy atom. The van der Waals surface area contributed by atoms with E-state index in [0.717, 1.165) is 28.3 Å². The van der Waals surface area contributed by atoms with E-state index < -0.39 is 0 Å². The lowest BCUT2D eigenvalue weighted by Gasteiger charge is -2.11. The number of halogens is 1. The smallest absolute Gasteiger partial charge is 0.207 e. The zero-order valence-corrected chi connectivity index (χ0v) is 13.3. The minimum atomic E-state index is 0.775. The van der Waals surface area contributed by atoms with Gasteiger partial charge < -0.3 is 9.88 Å². The first-order valence-electron chi connectivity index (χ1n) is 6.81. The van der Waals surface area contributed by atoms with Crippen LogP contribution >= 0.6 is 15.9 Å². The van der Waals surface area contributed by atoms with Gasteiger partial charge in [0.05, 0.1) is 12.2 Å². The van der Waals surface area contributed by atoms with E-state index in [1.54, 1.807) is 0 Å². The third-order valence-electron chi connectivity index (χ3n) is 3.23. The molecule has 0 saturated carbocycles. The van der Waals surface area contributed by atoms with Crippen LogP contribution in [0.1, 0.15) is 11.3 Å². The maximum absolute atomic E-state index is 4.57. The van der Waals surface area contributed by atoms with Gasteiger partial charge in [-0.3, -0.25) is 0 Å². The highest BCUT2D eigenvalue weighted by molar-refractivity contribution is 9.10. The molecule has 0 aliphatic carbocycles. The lowest BCUT2D eigenvalue weighted by Crippen LogP contribution is -2.04. The number of benzene rings is 2. The van der Waals surface area contributed by atoms with Crippen LogP contribution in [0, 0.1) is 6.92 Å². The van der Waals surface area contributed by atoms with Crippen LogP contribution in [0.25, 0.3) is 0 Å². The highest BCUT2D eigenvalue weighted by Crippen LogP contribution is 2.21. The van der Waals surface area contributed by atoms with Crippen molar-refractivity contribution in [2.45, 2.75) is 13.5 Å². The van der Waals surface area contributed by atoms with Crippen LogP contribution in [0.15, 0.2) is 65.3 Å². The minimum absolute atomic E-state index is 0.775. The maximum Gasteiger partial charge on any atom is 0.207 e. The van der Waals surface area contributed by atoms with Gasteiger partial charge in [-0.25, -0.2) is 4.98 Å². The number of para-hydroxylation sites is 1. The van der Waals surface area contributed by atoms with E-state index in [4.69, 9.17) is 0 Å². The second-order valence-corrected chi connectivity index (χ2v) is 5.77. The summed E-state index contributed by atoms with van der Waals surface area (Å²) in [6.07, 6.45) is 2.06. The third kappa shape index (κ3) is 3.34. The zero-order valence-electron chi connectivity index (χ0n) is 11.8. The first-order chi connectivity index (χ1) is 10.2. The van der Waals surface area contributed by atoms with E-state index in [1.807, 2.05) is 49.4 Å². The molecule has 4 heteroatoms. The van der Waals surface area contributed by atoms with Crippen molar-refractivity contribution in [3.8, 4) is 0 Å². The Balaban J connectivity index is 1.88. The van der Waals surface area contributed by atoms with E-state index in [-0.39, 0.29) is 0 Å². The molecule has 0 aliphatic heterocycles. The SMILES string of the molecule is Cc1cn(Cc2ccccc2Br)c(Nc2ccccc2)n1. The quantitative estimate of drug-likeness (QED) is 0.742. The Hall–Kier alpha value is -2.07. The van der Waals surface area contributed by atoms with Crippen LogP contribution in [0.5, 0.6) is 0 Å². The molecule has 106 valence electrons. The Labute approximate surface area is 132 Å². The van der Waals surface area contributed by atoms with Crippen molar-refractivity contribution in [3.63, 3.8) is 0 Å². The Kier molecular flexibility index (Phi) is 4.06. The molecule has 3 aromatic rings. The minimum Gasteiger partial charge on any atom is -0.326 e. The topological polar surface area (TPSA) is 29.9 Å². The maximum atomic E-state index is 4.57. The molecule has 0 aliphatic rings. The van der Waals surface area contributed by atoms with Crippen molar-refractivity contribution in [1.82, 2.24) is 9.55 Å².